The molecule has 4 heteroatoms. The Hall–Kier alpha value is -1.06. The van der Waals surface area contributed by atoms with Crippen LogP contribution in [-0.4, -0.2) is 12.7 Å². The summed E-state index contributed by atoms with van der Waals surface area (Å²) in [6.45, 7) is 0. The van der Waals surface area contributed by atoms with Gasteiger partial charge in [-0.1, -0.05) is 0 Å². The van der Waals surface area contributed by atoms with Gasteiger partial charge in [0.25, 0.3) is 0 Å². The molecule has 0 spiro atoms. The Kier molecular flexibility index (Phi) is 57.0. The summed E-state index contributed by atoms with van der Waals surface area (Å²) in [5.41, 5.74) is 8.78. The lowest BCUT2D eigenvalue weighted by molar-refractivity contribution is 1.52. The molecule has 0 heterocycles. The van der Waals surface area contributed by atoms with Gasteiger partial charge in [0.05, 0.1) is 12.7 Å². The average molecular weight is 88.1 g/mol. The van der Waals surface area contributed by atoms with E-state index in [0.29, 0.717) is 0 Å². The van der Waals surface area contributed by atoms with Crippen LogP contribution in [-0.2, 0) is 0 Å². The van der Waals surface area contributed by atoms with E-state index in [1.54, 1.807) is 0 Å². The lowest BCUT2D eigenvalue weighted by Gasteiger charge is -1.39. The van der Waals surface area contributed by atoms with Gasteiger partial charge in [0.15, 0.2) is 0 Å². The van der Waals surface area contributed by atoms with Gasteiger partial charge in [-0.3, -0.25) is 10.8 Å². The SMILES string of the molecule is N=CN.N=CN. The first kappa shape index (κ1) is 8.87. The van der Waals surface area contributed by atoms with Gasteiger partial charge < -0.3 is 11.5 Å². The van der Waals surface area contributed by atoms with Crippen LogP contribution in [0.5, 0.6) is 0 Å². The Morgan fingerprint density at radius 3 is 1.00 bits per heavy atom. The molecule has 0 fully saturated rings. The zero-order valence-electron chi connectivity index (χ0n) is 3.31. The predicted octanol–water partition coefficient (Wildman–Crippen LogP) is -0.896. The molecule has 6 heavy (non-hydrogen) atoms. The van der Waals surface area contributed by atoms with E-state index in [9.17, 15) is 0 Å². The summed E-state index contributed by atoms with van der Waals surface area (Å²) in [6, 6.07) is 0. The number of hydrogen-bond acceptors (Lipinski definition) is 2. The van der Waals surface area contributed by atoms with Gasteiger partial charge in [-0.25, -0.2) is 0 Å². The van der Waals surface area contributed by atoms with E-state index in [0.717, 1.165) is 12.7 Å². The average Bonchev–Trinajstić information content (AvgIpc) is 1.39. The van der Waals surface area contributed by atoms with Crippen LogP contribution in [0.15, 0.2) is 0 Å². The number of hydrogen-bond donors (Lipinski definition) is 4. The molecule has 0 aliphatic carbocycles. The molecule has 0 unspecified atom stereocenters. The molecule has 0 radical (unpaired) electrons. The van der Waals surface area contributed by atoms with E-state index >= 15 is 0 Å². The topological polar surface area (TPSA) is 99.7 Å². The minimum absolute atomic E-state index is 0.750. The van der Waals surface area contributed by atoms with Crippen LogP contribution >= 0.6 is 0 Å². The Morgan fingerprint density at radius 1 is 1.00 bits per heavy atom. The molecule has 0 saturated heterocycles. The number of nitrogens with two attached hydrogens (primary N) is 2. The molecule has 0 bridgehead atoms. The maximum atomic E-state index is 5.86. The number of rotatable bonds is 0. The molecule has 0 aromatic carbocycles. The summed E-state index contributed by atoms with van der Waals surface area (Å²) in [5.74, 6) is 0. The van der Waals surface area contributed by atoms with Crippen LogP contribution in [0.4, 0.5) is 0 Å². The monoisotopic (exact) mass is 88.1 g/mol. The highest BCUT2D eigenvalue weighted by atomic mass is 14.6. The van der Waals surface area contributed by atoms with Crippen LogP contribution in [0, 0.1) is 10.8 Å². The lowest BCUT2D eigenvalue weighted by Crippen LogP contribution is -1.81. The second-order valence-corrected chi connectivity index (χ2v) is 0.333. The predicted molar refractivity (Wildman–Crippen MR) is 25.9 cm³/mol. The van der Waals surface area contributed by atoms with Gasteiger partial charge in [-0.2, -0.15) is 0 Å². The van der Waals surface area contributed by atoms with Gasteiger partial charge in [-0.05, 0) is 0 Å². The third kappa shape index (κ3) is 9.85. The molecule has 6 N–H and O–H groups in total. The molecule has 4 nitrogen and oxygen atoms in total. The maximum Gasteiger partial charge on any atom is 0.0765 e. The summed E-state index contributed by atoms with van der Waals surface area (Å²) in [4.78, 5) is 0. The Bertz CT molecular complexity index is 26.5. The molecular formula is C2H8N4. The first-order valence-electron chi connectivity index (χ1n) is 1.24. The third-order valence-electron chi connectivity index (χ3n) is 0. The summed E-state index contributed by atoms with van der Waals surface area (Å²) < 4.78 is 0. The standard InChI is InChI=1S/2CH4N2/c2*2-1-3/h2*1H,(H3,2,3). The van der Waals surface area contributed by atoms with Crippen molar-refractivity contribution in [3.8, 4) is 0 Å². The van der Waals surface area contributed by atoms with Gasteiger partial charge in [0.1, 0.15) is 0 Å². The van der Waals surface area contributed by atoms with Crippen molar-refractivity contribution in [3.05, 3.63) is 0 Å². The minimum Gasteiger partial charge on any atom is -0.390 e. The van der Waals surface area contributed by atoms with Crippen LogP contribution < -0.4 is 11.5 Å². The second kappa shape index (κ2) is 38.5. The first-order chi connectivity index (χ1) is 2.83. The molecule has 0 saturated carbocycles. The molecule has 0 atom stereocenters. The van der Waals surface area contributed by atoms with E-state index in [2.05, 4.69) is 11.5 Å². The summed E-state index contributed by atoms with van der Waals surface area (Å²) in [5, 5.41) is 11.7. The molecule has 0 aromatic rings. The maximum absolute atomic E-state index is 5.86. The molecule has 0 aliphatic heterocycles. The molecule has 0 aliphatic rings. The fourth-order valence-corrected chi connectivity index (χ4v) is 0. The quantitative estimate of drug-likeness (QED) is 0.228. The van der Waals surface area contributed by atoms with Crippen molar-refractivity contribution in [2.45, 2.75) is 0 Å². The van der Waals surface area contributed by atoms with Crippen LogP contribution in [0.3, 0.4) is 0 Å². The summed E-state index contributed by atoms with van der Waals surface area (Å²) in [7, 11) is 0. The fraction of sp³-hybridized carbons (Fsp3) is 0. The van der Waals surface area contributed by atoms with Gasteiger partial charge in [0, 0.05) is 0 Å². The van der Waals surface area contributed by atoms with Crippen molar-refractivity contribution < 1.29 is 0 Å². The van der Waals surface area contributed by atoms with Crippen molar-refractivity contribution in [2.24, 2.45) is 11.5 Å². The van der Waals surface area contributed by atoms with Crippen molar-refractivity contribution >= 4 is 12.7 Å². The zero-order valence-corrected chi connectivity index (χ0v) is 3.31. The Balaban J connectivity index is 0. The molecular weight excluding hydrogens is 80.0 g/mol. The minimum atomic E-state index is 0.750. The van der Waals surface area contributed by atoms with Crippen LogP contribution in [0.1, 0.15) is 0 Å². The van der Waals surface area contributed by atoms with Gasteiger partial charge in [0.2, 0.25) is 0 Å². The second-order valence-electron chi connectivity index (χ2n) is 0.333. The highest BCUT2D eigenvalue weighted by Crippen LogP contribution is 0.882. The van der Waals surface area contributed by atoms with Crippen LogP contribution in [0.2, 0.25) is 0 Å². The van der Waals surface area contributed by atoms with Gasteiger partial charge in [-0.15, -0.1) is 0 Å². The van der Waals surface area contributed by atoms with E-state index in [-0.39, 0.29) is 0 Å². The van der Waals surface area contributed by atoms with E-state index in [1.165, 1.54) is 0 Å². The van der Waals surface area contributed by atoms with E-state index in [1.807, 2.05) is 0 Å². The van der Waals surface area contributed by atoms with Crippen LogP contribution in [0.25, 0.3) is 0 Å². The summed E-state index contributed by atoms with van der Waals surface area (Å²) in [6.07, 6.45) is 1.50. The number of nitrogens with one attached hydrogen (secondary N) is 2. The van der Waals surface area contributed by atoms with Crippen molar-refractivity contribution in [2.75, 3.05) is 0 Å². The molecule has 36 valence electrons. The molecule has 0 aromatic heterocycles. The normalized spacial score (nSPS) is 4.00. The highest BCUT2D eigenvalue weighted by molar-refractivity contribution is 5.46. The third-order valence-corrected chi connectivity index (χ3v) is 0. The zero-order chi connectivity index (χ0) is 5.41. The fourth-order valence-electron chi connectivity index (χ4n) is 0. The highest BCUT2D eigenvalue weighted by Gasteiger charge is 1.11. The van der Waals surface area contributed by atoms with Gasteiger partial charge >= 0.3 is 0 Å². The molecule has 0 rings (SSSR count). The Morgan fingerprint density at radius 2 is 1.00 bits per heavy atom. The first-order valence-corrected chi connectivity index (χ1v) is 1.24. The van der Waals surface area contributed by atoms with E-state index < -0.39 is 0 Å². The van der Waals surface area contributed by atoms with Crippen molar-refractivity contribution in [3.63, 3.8) is 0 Å². The van der Waals surface area contributed by atoms with Crippen molar-refractivity contribution in [1.29, 1.82) is 10.8 Å². The molecule has 0 amide bonds. The van der Waals surface area contributed by atoms with E-state index in [4.69, 9.17) is 10.8 Å². The smallest absolute Gasteiger partial charge is 0.0765 e. The Labute approximate surface area is 36.2 Å². The summed E-state index contributed by atoms with van der Waals surface area (Å²) >= 11 is 0. The lowest BCUT2D eigenvalue weighted by atomic mass is 11.4. The largest absolute Gasteiger partial charge is 0.390 e. The van der Waals surface area contributed by atoms with Crippen molar-refractivity contribution in [1.82, 2.24) is 0 Å².